The van der Waals surface area contributed by atoms with Gasteiger partial charge in [-0.25, -0.2) is 9.59 Å². The molecular weight excluding hydrogens is 346 g/mol. The summed E-state index contributed by atoms with van der Waals surface area (Å²) in [5.74, 6) is -1.45. The SMILES string of the molecule is CCOC(=O)[C@H]1[C@H](C(C)(C)C)C(=O)[C@@H](c2ccccc2)N1C(=O)OC(C)C. The molecule has 27 heavy (non-hydrogen) atoms. The van der Waals surface area contributed by atoms with E-state index >= 15 is 0 Å². The van der Waals surface area contributed by atoms with Crippen LogP contribution in [0.3, 0.4) is 0 Å². The highest BCUT2D eigenvalue weighted by Gasteiger charge is 2.58. The Morgan fingerprint density at radius 2 is 1.74 bits per heavy atom. The van der Waals surface area contributed by atoms with Gasteiger partial charge in [0.15, 0.2) is 5.78 Å². The van der Waals surface area contributed by atoms with Crippen molar-refractivity contribution in [2.75, 3.05) is 6.61 Å². The first-order valence-electron chi connectivity index (χ1n) is 9.33. The standard InChI is InChI=1S/C21H29NO5/c1-7-26-19(24)17-15(21(4,5)6)18(23)16(14-11-9-8-10-12-14)22(17)20(25)27-13(2)3/h8-13,15-17H,7H2,1-6H3/t15-,16+,17+/m0/s1. The van der Waals surface area contributed by atoms with Gasteiger partial charge >= 0.3 is 12.1 Å². The van der Waals surface area contributed by atoms with Crippen LogP contribution in [0.5, 0.6) is 0 Å². The van der Waals surface area contributed by atoms with Gasteiger partial charge < -0.3 is 9.47 Å². The van der Waals surface area contributed by atoms with Gasteiger partial charge in [0.25, 0.3) is 0 Å². The van der Waals surface area contributed by atoms with E-state index in [0.29, 0.717) is 5.56 Å². The van der Waals surface area contributed by atoms with Gasteiger partial charge in [0.05, 0.1) is 18.6 Å². The Hall–Kier alpha value is -2.37. The van der Waals surface area contributed by atoms with Crippen LogP contribution in [-0.4, -0.2) is 41.5 Å². The summed E-state index contributed by atoms with van der Waals surface area (Å²) in [6, 6.07) is 7.11. The summed E-state index contributed by atoms with van der Waals surface area (Å²) >= 11 is 0. The molecule has 0 unspecified atom stereocenters. The molecule has 0 radical (unpaired) electrons. The third-order valence-electron chi connectivity index (χ3n) is 4.59. The second kappa shape index (κ2) is 8.11. The van der Waals surface area contributed by atoms with E-state index in [1.165, 1.54) is 4.90 Å². The minimum atomic E-state index is -1.02. The minimum absolute atomic E-state index is 0.170. The van der Waals surface area contributed by atoms with E-state index in [4.69, 9.17) is 9.47 Å². The van der Waals surface area contributed by atoms with Crippen molar-refractivity contribution in [1.82, 2.24) is 4.90 Å². The molecule has 1 aliphatic heterocycles. The average Bonchev–Trinajstić information content (AvgIpc) is 2.88. The van der Waals surface area contributed by atoms with E-state index in [0.717, 1.165) is 0 Å². The number of nitrogens with zero attached hydrogens (tertiary/aromatic N) is 1. The van der Waals surface area contributed by atoms with Crippen LogP contribution < -0.4 is 0 Å². The van der Waals surface area contributed by atoms with Crippen LogP contribution in [0.25, 0.3) is 0 Å². The van der Waals surface area contributed by atoms with Crippen LogP contribution in [0.15, 0.2) is 30.3 Å². The predicted molar refractivity (Wildman–Crippen MR) is 101 cm³/mol. The molecule has 1 fully saturated rings. The fourth-order valence-corrected chi connectivity index (χ4v) is 3.60. The van der Waals surface area contributed by atoms with Gasteiger partial charge in [-0.3, -0.25) is 9.69 Å². The Morgan fingerprint density at radius 1 is 1.15 bits per heavy atom. The molecule has 0 aromatic heterocycles. The second-order valence-corrected chi connectivity index (χ2v) is 8.10. The van der Waals surface area contributed by atoms with Gasteiger partial charge in [0.1, 0.15) is 12.1 Å². The molecule has 1 heterocycles. The number of rotatable bonds is 4. The maximum absolute atomic E-state index is 13.4. The molecule has 1 aromatic rings. The maximum Gasteiger partial charge on any atom is 0.411 e. The molecule has 3 atom stereocenters. The van der Waals surface area contributed by atoms with Gasteiger partial charge in [-0.15, -0.1) is 0 Å². The first kappa shape index (κ1) is 20.9. The third-order valence-corrected chi connectivity index (χ3v) is 4.59. The highest BCUT2D eigenvalue weighted by Crippen LogP contribution is 2.45. The Morgan fingerprint density at radius 3 is 2.22 bits per heavy atom. The molecule has 2 rings (SSSR count). The van der Waals surface area contributed by atoms with Gasteiger partial charge in [-0.2, -0.15) is 0 Å². The number of ether oxygens (including phenoxy) is 2. The normalized spacial score (nSPS) is 22.9. The van der Waals surface area contributed by atoms with E-state index in [2.05, 4.69) is 0 Å². The first-order valence-corrected chi connectivity index (χ1v) is 9.33. The molecule has 148 valence electrons. The molecule has 1 aliphatic rings. The number of benzene rings is 1. The van der Waals surface area contributed by atoms with Crippen molar-refractivity contribution in [1.29, 1.82) is 0 Å². The zero-order valence-electron chi connectivity index (χ0n) is 16.9. The number of carbonyl (C=O) groups is 3. The number of likely N-dealkylation sites (tertiary alicyclic amines) is 1. The van der Waals surface area contributed by atoms with Gasteiger partial charge in [0.2, 0.25) is 0 Å². The van der Waals surface area contributed by atoms with Crippen molar-refractivity contribution in [3.05, 3.63) is 35.9 Å². The molecule has 1 amide bonds. The lowest BCUT2D eigenvalue weighted by atomic mass is 9.74. The van der Waals surface area contributed by atoms with Crippen LogP contribution in [0, 0.1) is 11.3 Å². The number of Topliss-reactive ketones (excluding diaryl/α,β-unsaturated/α-hetero) is 1. The molecule has 1 saturated heterocycles. The molecular formula is C21H29NO5. The van der Waals surface area contributed by atoms with Crippen molar-refractivity contribution in [2.24, 2.45) is 11.3 Å². The predicted octanol–water partition coefficient (Wildman–Crippen LogP) is 3.75. The smallest absolute Gasteiger partial charge is 0.411 e. The maximum atomic E-state index is 13.4. The van der Waals surface area contributed by atoms with Crippen molar-refractivity contribution >= 4 is 17.8 Å². The lowest BCUT2D eigenvalue weighted by Crippen LogP contribution is -2.48. The van der Waals surface area contributed by atoms with Crippen LogP contribution in [-0.2, 0) is 19.1 Å². The fraction of sp³-hybridized carbons (Fsp3) is 0.571. The quantitative estimate of drug-likeness (QED) is 0.750. The number of esters is 1. The molecule has 6 nitrogen and oxygen atoms in total. The first-order chi connectivity index (χ1) is 12.6. The number of hydrogen-bond donors (Lipinski definition) is 0. The molecule has 0 saturated carbocycles. The summed E-state index contributed by atoms with van der Waals surface area (Å²) in [5, 5.41) is 0. The molecule has 0 N–H and O–H groups in total. The van der Waals surface area contributed by atoms with E-state index < -0.39 is 35.5 Å². The van der Waals surface area contributed by atoms with Crippen LogP contribution >= 0.6 is 0 Å². The summed E-state index contributed by atoms with van der Waals surface area (Å²) in [5.41, 5.74) is 0.123. The Bertz CT molecular complexity index is 692. The fourth-order valence-electron chi connectivity index (χ4n) is 3.60. The average molecular weight is 375 g/mol. The Labute approximate surface area is 160 Å². The zero-order valence-corrected chi connectivity index (χ0v) is 16.9. The van der Waals surface area contributed by atoms with Gasteiger partial charge in [-0.05, 0) is 31.7 Å². The molecule has 1 aromatic carbocycles. The number of carbonyl (C=O) groups excluding carboxylic acids is 3. The summed E-state index contributed by atoms with van der Waals surface area (Å²) in [6.45, 7) is 11.0. The summed E-state index contributed by atoms with van der Waals surface area (Å²) in [4.78, 5) is 40.4. The molecule has 0 spiro atoms. The van der Waals surface area contributed by atoms with Gasteiger partial charge in [0, 0.05) is 0 Å². The Kier molecular flexibility index (Phi) is 6.29. The van der Waals surface area contributed by atoms with E-state index in [1.54, 1.807) is 45.0 Å². The van der Waals surface area contributed by atoms with Crippen molar-refractivity contribution in [2.45, 2.75) is 59.7 Å². The highest BCUT2D eigenvalue weighted by atomic mass is 16.6. The topological polar surface area (TPSA) is 72.9 Å². The van der Waals surface area contributed by atoms with E-state index in [1.807, 2.05) is 26.8 Å². The molecule has 0 aliphatic carbocycles. The van der Waals surface area contributed by atoms with E-state index in [9.17, 15) is 14.4 Å². The van der Waals surface area contributed by atoms with Crippen LogP contribution in [0.2, 0.25) is 0 Å². The lowest BCUT2D eigenvalue weighted by Gasteiger charge is -2.32. The largest absolute Gasteiger partial charge is 0.464 e. The third kappa shape index (κ3) is 4.31. The van der Waals surface area contributed by atoms with Crippen LogP contribution in [0.4, 0.5) is 4.79 Å². The Balaban J connectivity index is 2.61. The van der Waals surface area contributed by atoms with Crippen molar-refractivity contribution in [3.63, 3.8) is 0 Å². The number of hydrogen-bond acceptors (Lipinski definition) is 5. The summed E-state index contributed by atoms with van der Waals surface area (Å²) in [6.07, 6.45) is -1.06. The number of amides is 1. The van der Waals surface area contributed by atoms with E-state index in [-0.39, 0.29) is 18.5 Å². The highest BCUT2D eigenvalue weighted by molar-refractivity contribution is 6.01. The van der Waals surface area contributed by atoms with Gasteiger partial charge in [-0.1, -0.05) is 51.1 Å². The minimum Gasteiger partial charge on any atom is -0.464 e. The molecule has 0 bridgehead atoms. The van der Waals surface area contributed by atoms with Crippen molar-refractivity contribution < 1.29 is 23.9 Å². The second-order valence-electron chi connectivity index (χ2n) is 8.10. The molecule has 6 heteroatoms. The summed E-state index contributed by atoms with van der Waals surface area (Å²) < 4.78 is 10.6. The van der Waals surface area contributed by atoms with Crippen LogP contribution in [0.1, 0.15) is 53.1 Å². The summed E-state index contributed by atoms with van der Waals surface area (Å²) in [7, 11) is 0. The lowest BCUT2D eigenvalue weighted by molar-refractivity contribution is -0.151. The monoisotopic (exact) mass is 375 g/mol. The van der Waals surface area contributed by atoms with Crippen molar-refractivity contribution in [3.8, 4) is 0 Å². The number of ketones is 1. The zero-order chi connectivity index (χ0) is 20.4.